The quantitative estimate of drug-likeness (QED) is 0.908. The Balaban J connectivity index is 1.36. The third-order valence-electron chi connectivity index (χ3n) is 4.38. The average molecular weight is 272 g/mol. The lowest BCUT2D eigenvalue weighted by molar-refractivity contribution is 0.404. The van der Waals surface area contributed by atoms with Gasteiger partial charge in [0.25, 0.3) is 0 Å². The minimum Gasteiger partial charge on any atom is -0.469 e. The fourth-order valence-corrected chi connectivity index (χ4v) is 3.15. The van der Waals surface area contributed by atoms with Gasteiger partial charge in [-0.2, -0.15) is 0 Å². The van der Waals surface area contributed by atoms with Crippen molar-refractivity contribution in [3.8, 4) is 0 Å². The number of aromatic nitrogens is 3. The maximum Gasteiger partial charge on any atom is 0.135 e. The lowest BCUT2D eigenvalue weighted by Gasteiger charge is -2.23. The standard InChI is InChI=1S/C15H20N4O/c1-2-13(12-6-9-20-14(12)3-1)16-7-8-19-10-17-18-15(19)11-4-5-11/h6,9-11,13,16H,1-5,7-8H2/t13-/m0/s1. The molecule has 1 fully saturated rings. The highest BCUT2D eigenvalue weighted by molar-refractivity contribution is 5.23. The average Bonchev–Trinajstić information content (AvgIpc) is 3.01. The van der Waals surface area contributed by atoms with E-state index >= 15 is 0 Å². The predicted octanol–water partition coefficient (Wildman–Crippen LogP) is 2.42. The molecule has 0 amide bonds. The molecule has 0 aromatic carbocycles. The molecule has 0 aliphatic heterocycles. The maximum atomic E-state index is 5.53. The second-order valence-electron chi connectivity index (χ2n) is 5.85. The van der Waals surface area contributed by atoms with E-state index in [1.807, 2.05) is 12.6 Å². The Hall–Kier alpha value is -1.62. The molecule has 0 radical (unpaired) electrons. The lowest BCUT2D eigenvalue weighted by Crippen LogP contribution is -2.27. The van der Waals surface area contributed by atoms with Crippen molar-refractivity contribution in [3.05, 3.63) is 35.8 Å². The van der Waals surface area contributed by atoms with Crippen molar-refractivity contribution >= 4 is 0 Å². The van der Waals surface area contributed by atoms with E-state index < -0.39 is 0 Å². The molecule has 5 heteroatoms. The first kappa shape index (κ1) is 12.1. The number of furan rings is 1. The molecular weight excluding hydrogens is 252 g/mol. The molecule has 0 saturated heterocycles. The highest BCUT2D eigenvalue weighted by Crippen LogP contribution is 2.38. The van der Waals surface area contributed by atoms with Crippen LogP contribution < -0.4 is 5.32 Å². The molecule has 1 N–H and O–H groups in total. The van der Waals surface area contributed by atoms with E-state index in [0.29, 0.717) is 12.0 Å². The van der Waals surface area contributed by atoms with E-state index in [2.05, 4.69) is 26.1 Å². The van der Waals surface area contributed by atoms with E-state index in [-0.39, 0.29) is 0 Å². The van der Waals surface area contributed by atoms with Gasteiger partial charge in [-0.1, -0.05) is 0 Å². The van der Waals surface area contributed by atoms with Crippen molar-refractivity contribution < 1.29 is 4.42 Å². The van der Waals surface area contributed by atoms with E-state index in [0.717, 1.165) is 25.3 Å². The second-order valence-corrected chi connectivity index (χ2v) is 5.85. The smallest absolute Gasteiger partial charge is 0.135 e. The van der Waals surface area contributed by atoms with Crippen LogP contribution in [0.4, 0.5) is 0 Å². The van der Waals surface area contributed by atoms with Crippen LogP contribution in [0.25, 0.3) is 0 Å². The van der Waals surface area contributed by atoms with Crippen molar-refractivity contribution in [1.82, 2.24) is 20.1 Å². The number of fused-ring (bicyclic) bond motifs is 1. The molecule has 4 rings (SSSR count). The van der Waals surface area contributed by atoms with Crippen LogP contribution in [-0.4, -0.2) is 21.3 Å². The number of rotatable bonds is 5. The fraction of sp³-hybridized carbons (Fsp3) is 0.600. The number of aryl methyl sites for hydroxylation is 1. The third-order valence-corrected chi connectivity index (χ3v) is 4.38. The van der Waals surface area contributed by atoms with Gasteiger partial charge in [-0.3, -0.25) is 0 Å². The molecule has 2 aromatic rings. The number of nitrogens with one attached hydrogen (secondary N) is 1. The summed E-state index contributed by atoms with van der Waals surface area (Å²) in [6.07, 6.45) is 9.70. The van der Waals surface area contributed by atoms with Crippen LogP contribution in [0.1, 0.15) is 54.8 Å². The summed E-state index contributed by atoms with van der Waals surface area (Å²) in [5, 5.41) is 11.9. The largest absolute Gasteiger partial charge is 0.469 e. The first-order chi connectivity index (χ1) is 9.92. The zero-order chi connectivity index (χ0) is 13.4. The molecule has 1 atom stereocenters. The van der Waals surface area contributed by atoms with Crippen LogP contribution in [-0.2, 0) is 13.0 Å². The third kappa shape index (κ3) is 2.26. The molecule has 2 aliphatic rings. The molecular formula is C15H20N4O. The van der Waals surface area contributed by atoms with Crippen LogP contribution >= 0.6 is 0 Å². The van der Waals surface area contributed by atoms with E-state index in [1.165, 1.54) is 37.1 Å². The van der Waals surface area contributed by atoms with Gasteiger partial charge in [0, 0.05) is 37.0 Å². The highest BCUT2D eigenvalue weighted by Gasteiger charge is 2.28. The van der Waals surface area contributed by atoms with E-state index in [4.69, 9.17) is 4.42 Å². The van der Waals surface area contributed by atoms with Crippen molar-refractivity contribution in [2.75, 3.05) is 6.54 Å². The van der Waals surface area contributed by atoms with Gasteiger partial charge < -0.3 is 14.3 Å². The SMILES string of the molecule is c1cc2c(o1)CCC[C@@H]2NCCn1cnnc1C1CC1. The van der Waals surface area contributed by atoms with Crippen molar-refractivity contribution in [1.29, 1.82) is 0 Å². The molecule has 0 spiro atoms. The molecule has 2 aromatic heterocycles. The Bertz CT molecular complexity index is 584. The fourth-order valence-electron chi connectivity index (χ4n) is 3.15. The first-order valence-electron chi connectivity index (χ1n) is 7.59. The first-order valence-corrected chi connectivity index (χ1v) is 7.59. The van der Waals surface area contributed by atoms with Crippen LogP contribution in [0.15, 0.2) is 23.1 Å². The summed E-state index contributed by atoms with van der Waals surface area (Å²) >= 11 is 0. The summed E-state index contributed by atoms with van der Waals surface area (Å²) in [7, 11) is 0. The van der Waals surface area contributed by atoms with Crippen LogP contribution in [0, 0.1) is 0 Å². The maximum absolute atomic E-state index is 5.53. The zero-order valence-electron chi connectivity index (χ0n) is 11.6. The number of nitrogens with zero attached hydrogens (tertiary/aromatic N) is 3. The summed E-state index contributed by atoms with van der Waals surface area (Å²) in [6.45, 7) is 1.90. The molecule has 2 heterocycles. The van der Waals surface area contributed by atoms with E-state index in [1.54, 1.807) is 0 Å². The Morgan fingerprint density at radius 1 is 1.35 bits per heavy atom. The molecule has 5 nitrogen and oxygen atoms in total. The second kappa shape index (κ2) is 5.05. The highest BCUT2D eigenvalue weighted by atomic mass is 16.3. The number of hydrogen-bond acceptors (Lipinski definition) is 4. The summed E-state index contributed by atoms with van der Waals surface area (Å²) < 4.78 is 7.73. The Kier molecular flexibility index (Phi) is 3.07. The van der Waals surface area contributed by atoms with Crippen LogP contribution in [0.3, 0.4) is 0 Å². The van der Waals surface area contributed by atoms with Gasteiger partial charge in [0.1, 0.15) is 17.9 Å². The van der Waals surface area contributed by atoms with Crippen molar-refractivity contribution in [2.24, 2.45) is 0 Å². The van der Waals surface area contributed by atoms with Gasteiger partial charge >= 0.3 is 0 Å². The summed E-state index contributed by atoms with van der Waals surface area (Å²) in [5.41, 5.74) is 1.35. The van der Waals surface area contributed by atoms with Gasteiger partial charge in [0.05, 0.1) is 6.26 Å². The molecule has 20 heavy (non-hydrogen) atoms. The summed E-state index contributed by atoms with van der Waals surface area (Å²) in [5.74, 6) is 2.99. The summed E-state index contributed by atoms with van der Waals surface area (Å²) in [6, 6.07) is 2.55. The summed E-state index contributed by atoms with van der Waals surface area (Å²) in [4.78, 5) is 0. The molecule has 106 valence electrons. The minimum absolute atomic E-state index is 0.443. The zero-order valence-corrected chi connectivity index (χ0v) is 11.6. The van der Waals surface area contributed by atoms with Gasteiger partial charge in [0.2, 0.25) is 0 Å². The molecule has 0 unspecified atom stereocenters. The number of hydrogen-bond donors (Lipinski definition) is 1. The van der Waals surface area contributed by atoms with Crippen molar-refractivity contribution in [3.63, 3.8) is 0 Å². The van der Waals surface area contributed by atoms with Crippen LogP contribution in [0.5, 0.6) is 0 Å². The molecule has 2 aliphatic carbocycles. The Labute approximate surface area is 118 Å². The van der Waals surface area contributed by atoms with Gasteiger partial charge in [-0.05, 0) is 31.7 Å². The minimum atomic E-state index is 0.443. The monoisotopic (exact) mass is 272 g/mol. The van der Waals surface area contributed by atoms with Crippen molar-refractivity contribution in [2.45, 2.75) is 50.6 Å². The van der Waals surface area contributed by atoms with Gasteiger partial charge in [0.15, 0.2) is 0 Å². The lowest BCUT2D eigenvalue weighted by atomic mass is 9.93. The molecule has 0 bridgehead atoms. The Morgan fingerprint density at radius 3 is 3.20 bits per heavy atom. The Morgan fingerprint density at radius 2 is 2.30 bits per heavy atom. The van der Waals surface area contributed by atoms with Gasteiger partial charge in [-0.25, -0.2) is 0 Å². The normalized spacial score (nSPS) is 21.9. The van der Waals surface area contributed by atoms with Crippen LogP contribution in [0.2, 0.25) is 0 Å². The topological polar surface area (TPSA) is 55.9 Å². The van der Waals surface area contributed by atoms with E-state index in [9.17, 15) is 0 Å². The van der Waals surface area contributed by atoms with Gasteiger partial charge in [-0.15, -0.1) is 10.2 Å². The molecule has 1 saturated carbocycles. The predicted molar refractivity (Wildman–Crippen MR) is 74.4 cm³/mol.